The van der Waals surface area contributed by atoms with Crippen LogP contribution in [0.25, 0.3) is 11.0 Å². The average Bonchev–Trinajstić information content (AvgIpc) is 2.68. The van der Waals surface area contributed by atoms with Gasteiger partial charge in [0, 0.05) is 25.0 Å². The Balaban J connectivity index is 1.95. The minimum atomic E-state index is -1.43. The number of benzene rings is 1. The van der Waals surface area contributed by atoms with Crippen molar-refractivity contribution in [2.75, 3.05) is 12.4 Å². The van der Waals surface area contributed by atoms with Gasteiger partial charge in [0.1, 0.15) is 23.1 Å². The molecule has 0 saturated carbocycles. The summed E-state index contributed by atoms with van der Waals surface area (Å²) in [6.07, 6.45) is -5.71. The number of ether oxygens (including phenoxy) is 4. The van der Waals surface area contributed by atoms with Gasteiger partial charge in [-0.25, -0.2) is 9.59 Å². The predicted molar refractivity (Wildman–Crippen MR) is 112 cm³/mol. The van der Waals surface area contributed by atoms with E-state index in [1.165, 1.54) is 20.1 Å². The Morgan fingerprint density at radius 1 is 1.28 bits per heavy atom. The summed E-state index contributed by atoms with van der Waals surface area (Å²) in [6.45, 7) is 6.33. The lowest BCUT2D eigenvalue weighted by atomic mass is 9.89. The number of carbonyl (C=O) groups excluding carboxylic acids is 2. The molecule has 2 aromatic rings. The Bertz CT molecular complexity index is 1090. The van der Waals surface area contributed by atoms with Crippen LogP contribution in [0.2, 0.25) is 0 Å². The van der Waals surface area contributed by atoms with Gasteiger partial charge in [-0.1, -0.05) is 0 Å². The molecule has 1 saturated heterocycles. The number of hydrogen-bond donors (Lipinski definition) is 3. The number of carbonyl (C=O) groups is 2. The van der Waals surface area contributed by atoms with Crippen molar-refractivity contribution in [1.29, 1.82) is 0 Å². The third-order valence-electron chi connectivity index (χ3n) is 5.18. The quantitative estimate of drug-likeness (QED) is 0.572. The van der Waals surface area contributed by atoms with Gasteiger partial charge in [0.2, 0.25) is 12.2 Å². The fraction of sp³-hybridized carbons (Fsp3) is 0.476. The van der Waals surface area contributed by atoms with Crippen molar-refractivity contribution >= 4 is 28.7 Å². The van der Waals surface area contributed by atoms with Crippen molar-refractivity contribution < 1.29 is 38.1 Å². The van der Waals surface area contributed by atoms with Crippen LogP contribution in [-0.2, 0) is 19.0 Å². The van der Waals surface area contributed by atoms with Crippen molar-refractivity contribution in [2.24, 2.45) is 5.73 Å². The number of aliphatic hydroxyl groups excluding tert-OH is 1. The number of amides is 2. The summed E-state index contributed by atoms with van der Waals surface area (Å²) in [4.78, 5) is 34.8. The molecule has 3 rings (SSSR count). The highest BCUT2D eigenvalue weighted by Gasteiger charge is 2.53. The van der Waals surface area contributed by atoms with Crippen LogP contribution in [0.5, 0.6) is 5.75 Å². The molecular weight excluding hydrogens is 424 g/mol. The topological polar surface area (TPSA) is 160 Å². The predicted octanol–water partition coefficient (Wildman–Crippen LogP) is 1.41. The first kappa shape index (κ1) is 23.5. The Labute approximate surface area is 183 Å². The number of anilines is 1. The van der Waals surface area contributed by atoms with Gasteiger partial charge in [0.25, 0.3) is 0 Å². The maximum atomic E-state index is 12.2. The SMILES string of the molecule is CO[C@@H]1C(OC(N)=O)[C@H](O)[C@H](Oc2ccc3cc(NC(C)=O)c(=O)oc3c2C)OC1(C)C. The van der Waals surface area contributed by atoms with Crippen LogP contribution >= 0.6 is 0 Å². The zero-order valence-corrected chi connectivity index (χ0v) is 18.3. The van der Waals surface area contributed by atoms with E-state index in [0.29, 0.717) is 10.9 Å². The Morgan fingerprint density at radius 2 is 1.97 bits per heavy atom. The van der Waals surface area contributed by atoms with E-state index in [9.17, 15) is 19.5 Å². The molecule has 1 fully saturated rings. The molecule has 11 heteroatoms. The Hall–Kier alpha value is -3.15. The van der Waals surface area contributed by atoms with Crippen molar-refractivity contribution in [3.05, 3.63) is 34.2 Å². The second kappa shape index (κ2) is 8.77. The van der Waals surface area contributed by atoms with Crippen LogP contribution in [0.15, 0.2) is 27.4 Å². The van der Waals surface area contributed by atoms with Gasteiger partial charge in [0.05, 0.1) is 5.60 Å². The average molecular weight is 450 g/mol. The smallest absolute Gasteiger partial charge is 0.404 e. The minimum absolute atomic E-state index is 0.0166. The van der Waals surface area contributed by atoms with Gasteiger partial charge < -0.3 is 39.5 Å². The van der Waals surface area contributed by atoms with E-state index in [1.807, 2.05) is 0 Å². The van der Waals surface area contributed by atoms with Gasteiger partial charge in [-0.3, -0.25) is 4.79 Å². The van der Waals surface area contributed by atoms with Gasteiger partial charge in [0.15, 0.2) is 12.2 Å². The molecule has 2 amide bonds. The zero-order valence-electron chi connectivity index (χ0n) is 18.3. The van der Waals surface area contributed by atoms with Crippen LogP contribution in [0.4, 0.5) is 10.5 Å². The van der Waals surface area contributed by atoms with Crippen molar-refractivity contribution in [3.63, 3.8) is 0 Å². The molecule has 32 heavy (non-hydrogen) atoms. The van der Waals surface area contributed by atoms with E-state index in [2.05, 4.69) is 5.32 Å². The van der Waals surface area contributed by atoms with E-state index in [1.54, 1.807) is 32.9 Å². The molecule has 1 aromatic carbocycles. The van der Waals surface area contributed by atoms with Gasteiger partial charge >= 0.3 is 11.7 Å². The lowest BCUT2D eigenvalue weighted by Gasteiger charge is -2.47. The fourth-order valence-corrected chi connectivity index (χ4v) is 3.78. The lowest BCUT2D eigenvalue weighted by Crippen LogP contribution is -2.65. The lowest BCUT2D eigenvalue weighted by molar-refractivity contribution is -0.304. The molecular formula is C21H26N2O9. The summed E-state index contributed by atoms with van der Waals surface area (Å²) in [5, 5.41) is 13.7. The van der Waals surface area contributed by atoms with Crippen LogP contribution in [0.3, 0.4) is 0 Å². The molecule has 0 spiro atoms. The maximum absolute atomic E-state index is 12.2. The summed E-state index contributed by atoms with van der Waals surface area (Å²) in [5.74, 6) is -0.136. The molecule has 0 aliphatic carbocycles. The summed E-state index contributed by atoms with van der Waals surface area (Å²) in [6, 6.07) is 4.72. The maximum Gasteiger partial charge on any atom is 0.404 e. The number of rotatable bonds is 5. The van der Waals surface area contributed by atoms with E-state index in [0.717, 1.165) is 0 Å². The second-order valence-electron chi connectivity index (χ2n) is 7.99. The number of fused-ring (bicyclic) bond motifs is 1. The molecule has 1 aliphatic heterocycles. The molecule has 0 bridgehead atoms. The zero-order chi connectivity index (χ0) is 23.8. The van der Waals surface area contributed by atoms with Gasteiger partial charge in [-0.15, -0.1) is 0 Å². The fourth-order valence-electron chi connectivity index (χ4n) is 3.78. The molecule has 4 atom stereocenters. The van der Waals surface area contributed by atoms with Crippen LogP contribution in [0.1, 0.15) is 26.3 Å². The van der Waals surface area contributed by atoms with E-state index >= 15 is 0 Å². The monoisotopic (exact) mass is 450 g/mol. The molecule has 0 radical (unpaired) electrons. The highest BCUT2D eigenvalue weighted by Crippen LogP contribution is 2.36. The molecule has 2 heterocycles. The molecule has 4 N–H and O–H groups in total. The minimum Gasteiger partial charge on any atom is -0.462 e. The number of aryl methyl sites for hydroxylation is 1. The Morgan fingerprint density at radius 3 is 2.56 bits per heavy atom. The standard InChI is InChI=1S/C21H26N2O9/c1-9-13(7-6-11-8-12(23-10(2)24)18(26)30-15(9)11)29-19-14(25)16(31-20(22)27)17(28-5)21(3,4)32-19/h6-8,14,16-17,19,25H,1-5H3,(H2,22,27)(H,23,24)/t14-,16?,17+,19+/m0/s1. The number of hydrogen-bond acceptors (Lipinski definition) is 9. The van der Waals surface area contributed by atoms with Crippen LogP contribution in [0, 0.1) is 6.92 Å². The normalized spacial score (nSPS) is 24.7. The highest BCUT2D eigenvalue weighted by atomic mass is 16.7. The van der Waals surface area contributed by atoms with Crippen LogP contribution in [-0.4, -0.2) is 54.4 Å². The third-order valence-corrected chi connectivity index (χ3v) is 5.18. The van der Waals surface area contributed by atoms with E-state index < -0.39 is 47.8 Å². The first-order chi connectivity index (χ1) is 14.9. The molecule has 1 aliphatic rings. The highest BCUT2D eigenvalue weighted by molar-refractivity contribution is 5.91. The summed E-state index contributed by atoms with van der Waals surface area (Å²) in [7, 11) is 1.39. The second-order valence-corrected chi connectivity index (χ2v) is 7.99. The van der Waals surface area contributed by atoms with E-state index in [-0.39, 0.29) is 17.0 Å². The first-order valence-electron chi connectivity index (χ1n) is 9.81. The largest absolute Gasteiger partial charge is 0.462 e. The number of primary amides is 1. The number of nitrogens with one attached hydrogen (secondary N) is 1. The van der Waals surface area contributed by atoms with Crippen molar-refractivity contribution in [3.8, 4) is 5.75 Å². The van der Waals surface area contributed by atoms with Crippen LogP contribution < -0.4 is 21.4 Å². The summed E-state index contributed by atoms with van der Waals surface area (Å²) >= 11 is 0. The third kappa shape index (κ3) is 4.54. The molecule has 1 unspecified atom stereocenters. The number of nitrogens with two attached hydrogens (primary N) is 1. The summed E-state index contributed by atoms with van der Waals surface area (Å²) < 4.78 is 27.6. The Kier molecular flexibility index (Phi) is 6.44. The van der Waals surface area contributed by atoms with Gasteiger partial charge in [-0.05, 0) is 39.0 Å². The van der Waals surface area contributed by atoms with Crippen molar-refractivity contribution in [1.82, 2.24) is 0 Å². The molecule has 1 aromatic heterocycles. The van der Waals surface area contributed by atoms with Gasteiger partial charge in [-0.2, -0.15) is 0 Å². The summed E-state index contributed by atoms with van der Waals surface area (Å²) in [5.41, 5.74) is 4.14. The van der Waals surface area contributed by atoms with Crippen molar-refractivity contribution in [2.45, 2.75) is 57.9 Å². The molecule has 11 nitrogen and oxygen atoms in total. The number of methoxy groups -OCH3 is 1. The first-order valence-corrected chi connectivity index (χ1v) is 9.81. The number of aliphatic hydroxyl groups is 1. The molecule has 174 valence electrons. The van der Waals surface area contributed by atoms with E-state index in [4.69, 9.17) is 29.1 Å².